The normalized spacial score (nSPS) is 15.9. The van der Waals surface area contributed by atoms with E-state index in [2.05, 4.69) is 25.1 Å². The number of rotatable bonds is 3. The second-order valence-electron chi connectivity index (χ2n) is 5.17. The summed E-state index contributed by atoms with van der Waals surface area (Å²) in [7, 11) is 1.55. The zero-order chi connectivity index (χ0) is 14.7. The highest BCUT2D eigenvalue weighted by Gasteiger charge is 2.20. The topological polar surface area (TPSA) is 99.7 Å². The van der Waals surface area contributed by atoms with Crippen molar-refractivity contribution in [2.75, 3.05) is 12.8 Å². The molecule has 3 rings (SSSR count). The molecule has 2 heterocycles. The average molecular weight is 286 g/mol. The maximum atomic E-state index is 5.82. The fraction of sp³-hybridized carbons (Fsp3) is 0.500. The Bertz CT molecular complexity index is 609. The molecule has 0 radical (unpaired) electrons. The average Bonchev–Trinajstić information content (AvgIpc) is 2.55. The molecular weight excluding hydrogens is 268 g/mol. The molecule has 0 aliphatic heterocycles. The number of hydrogen-bond acceptors (Lipinski definition) is 7. The quantitative estimate of drug-likeness (QED) is 0.920. The predicted molar refractivity (Wildman–Crippen MR) is 77.6 cm³/mol. The van der Waals surface area contributed by atoms with Crippen LogP contribution >= 0.6 is 0 Å². The first kappa shape index (κ1) is 13.7. The number of hydrogen-bond donors (Lipinski definition) is 1. The molecule has 2 N–H and O–H groups in total. The lowest BCUT2D eigenvalue weighted by Crippen LogP contribution is -2.12. The molecule has 7 heteroatoms. The summed E-state index contributed by atoms with van der Waals surface area (Å²) in [5.41, 5.74) is 6.40. The number of aromatic nitrogens is 5. The largest absolute Gasteiger partial charge is 0.480 e. The predicted octanol–water partition coefficient (Wildman–Crippen LogP) is 1.97. The summed E-state index contributed by atoms with van der Waals surface area (Å²) in [5, 5.41) is 8.00. The summed E-state index contributed by atoms with van der Waals surface area (Å²) in [6.45, 7) is 0. The van der Waals surface area contributed by atoms with Crippen LogP contribution in [0.4, 0.5) is 5.95 Å². The van der Waals surface area contributed by atoms with Gasteiger partial charge in [-0.2, -0.15) is 9.97 Å². The molecule has 1 fully saturated rings. The zero-order valence-corrected chi connectivity index (χ0v) is 12.0. The Morgan fingerprint density at radius 2 is 1.86 bits per heavy atom. The van der Waals surface area contributed by atoms with Gasteiger partial charge in [-0.05, 0) is 18.9 Å². The van der Waals surface area contributed by atoms with Gasteiger partial charge in [0.2, 0.25) is 11.8 Å². The summed E-state index contributed by atoms with van der Waals surface area (Å²) in [5.74, 6) is 2.30. The van der Waals surface area contributed by atoms with E-state index in [9.17, 15) is 0 Å². The summed E-state index contributed by atoms with van der Waals surface area (Å²) in [4.78, 5) is 13.0. The van der Waals surface area contributed by atoms with Crippen molar-refractivity contribution in [3.05, 3.63) is 18.0 Å². The van der Waals surface area contributed by atoms with Crippen molar-refractivity contribution >= 4 is 5.95 Å². The van der Waals surface area contributed by atoms with Crippen molar-refractivity contribution in [3.8, 4) is 17.4 Å². The monoisotopic (exact) mass is 286 g/mol. The fourth-order valence-corrected chi connectivity index (χ4v) is 2.62. The molecule has 0 atom stereocenters. The van der Waals surface area contributed by atoms with E-state index in [-0.39, 0.29) is 5.95 Å². The summed E-state index contributed by atoms with van der Waals surface area (Å²) in [6, 6.07) is 3.49. The van der Waals surface area contributed by atoms with Crippen LogP contribution in [-0.4, -0.2) is 32.3 Å². The van der Waals surface area contributed by atoms with Crippen LogP contribution in [0.15, 0.2) is 12.1 Å². The highest BCUT2D eigenvalue weighted by Crippen LogP contribution is 2.31. The molecule has 2 aromatic rings. The van der Waals surface area contributed by atoms with Crippen molar-refractivity contribution in [1.29, 1.82) is 0 Å². The number of anilines is 1. The third kappa shape index (κ3) is 3.07. The number of nitrogens with zero attached hydrogens (tertiary/aromatic N) is 5. The fourth-order valence-electron chi connectivity index (χ4n) is 2.62. The highest BCUT2D eigenvalue weighted by molar-refractivity contribution is 5.50. The van der Waals surface area contributed by atoms with Crippen LogP contribution in [0.2, 0.25) is 0 Å². The lowest BCUT2D eigenvalue weighted by atomic mass is 9.89. The zero-order valence-electron chi connectivity index (χ0n) is 12.0. The van der Waals surface area contributed by atoms with Gasteiger partial charge < -0.3 is 10.5 Å². The Morgan fingerprint density at radius 1 is 1.05 bits per heavy atom. The summed E-state index contributed by atoms with van der Waals surface area (Å²) < 4.78 is 5.00. The molecule has 0 spiro atoms. The molecule has 1 saturated carbocycles. The molecule has 21 heavy (non-hydrogen) atoms. The molecular formula is C14H18N6O. The second kappa shape index (κ2) is 5.99. The lowest BCUT2D eigenvalue weighted by Gasteiger charge is -2.20. The van der Waals surface area contributed by atoms with Crippen molar-refractivity contribution < 1.29 is 4.74 Å². The minimum atomic E-state index is 0.234. The second-order valence-corrected chi connectivity index (χ2v) is 5.17. The first-order chi connectivity index (χ1) is 10.3. The molecule has 0 saturated heterocycles. The first-order valence-corrected chi connectivity index (χ1v) is 7.16. The van der Waals surface area contributed by atoms with Gasteiger partial charge in [0.25, 0.3) is 0 Å². The van der Waals surface area contributed by atoms with E-state index < -0.39 is 0 Å². The Labute approximate surface area is 123 Å². The van der Waals surface area contributed by atoms with Gasteiger partial charge >= 0.3 is 0 Å². The molecule has 2 aromatic heterocycles. The third-order valence-electron chi connectivity index (χ3n) is 3.72. The Morgan fingerprint density at radius 3 is 2.52 bits per heavy atom. The van der Waals surface area contributed by atoms with Gasteiger partial charge in [-0.25, -0.2) is 4.98 Å². The van der Waals surface area contributed by atoms with E-state index in [4.69, 9.17) is 10.5 Å². The van der Waals surface area contributed by atoms with E-state index in [1.54, 1.807) is 19.2 Å². The van der Waals surface area contributed by atoms with Crippen LogP contribution in [0.3, 0.4) is 0 Å². The maximum absolute atomic E-state index is 5.82. The van der Waals surface area contributed by atoms with E-state index in [1.807, 2.05) is 0 Å². The van der Waals surface area contributed by atoms with Gasteiger partial charge in [-0.3, -0.25) is 0 Å². The highest BCUT2D eigenvalue weighted by atomic mass is 16.5. The Balaban J connectivity index is 1.92. The van der Waals surface area contributed by atoms with Crippen molar-refractivity contribution in [3.63, 3.8) is 0 Å². The van der Waals surface area contributed by atoms with Gasteiger partial charge in [0.15, 0.2) is 5.82 Å². The first-order valence-electron chi connectivity index (χ1n) is 7.16. The van der Waals surface area contributed by atoms with Crippen molar-refractivity contribution in [2.24, 2.45) is 0 Å². The van der Waals surface area contributed by atoms with Crippen LogP contribution < -0.4 is 10.5 Å². The SMILES string of the molecule is COc1ccc(-c2nc(N)nc(C3CCCCC3)n2)nn1. The van der Waals surface area contributed by atoms with Gasteiger partial charge in [0.1, 0.15) is 11.5 Å². The van der Waals surface area contributed by atoms with Gasteiger partial charge in [-0.15, -0.1) is 10.2 Å². The Hall–Kier alpha value is -2.31. The molecule has 7 nitrogen and oxygen atoms in total. The number of nitrogen functional groups attached to an aromatic ring is 1. The number of methoxy groups -OCH3 is 1. The van der Waals surface area contributed by atoms with Crippen molar-refractivity contribution in [1.82, 2.24) is 25.1 Å². The third-order valence-corrected chi connectivity index (χ3v) is 3.72. The van der Waals surface area contributed by atoms with E-state index in [1.165, 1.54) is 19.3 Å². The van der Waals surface area contributed by atoms with Crippen molar-refractivity contribution in [2.45, 2.75) is 38.0 Å². The Kier molecular flexibility index (Phi) is 3.89. The minimum absolute atomic E-state index is 0.234. The number of nitrogens with two attached hydrogens (primary N) is 1. The smallest absolute Gasteiger partial charge is 0.233 e. The summed E-state index contributed by atoms with van der Waals surface area (Å²) in [6.07, 6.45) is 5.93. The van der Waals surface area contributed by atoms with E-state index in [0.29, 0.717) is 23.3 Å². The van der Waals surface area contributed by atoms with Crippen LogP contribution in [0, 0.1) is 0 Å². The molecule has 1 aliphatic rings. The van der Waals surface area contributed by atoms with Crippen LogP contribution in [0.1, 0.15) is 43.8 Å². The molecule has 0 bridgehead atoms. The van der Waals surface area contributed by atoms with E-state index in [0.717, 1.165) is 18.7 Å². The van der Waals surface area contributed by atoms with Gasteiger partial charge in [0.05, 0.1) is 7.11 Å². The molecule has 0 unspecified atom stereocenters. The molecule has 0 amide bonds. The molecule has 110 valence electrons. The van der Waals surface area contributed by atoms with Crippen LogP contribution in [0.5, 0.6) is 5.88 Å². The minimum Gasteiger partial charge on any atom is -0.480 e. The van der Waals surface area contributed by atoms with Gasteiger partial charge in [0, 0.05) is 12.0 Å². The van der Waals surface area contributed by atoms with Gasteiger partial charge in [-0.1, -0.05) is 19.3 Å². The van der Waals surface area contributed by atoms with E-state index >= 15 is 0 Å². The standard InChI is InChI=1S/C14H18N6O/c1-21-11-8-7-10(19-20-11)13-16-12(17-14(15)18-13)9-5-3-2-4-6-9/h7-9H,2-6H2,1H3,(H2,15,16,17,18). The maximum Gasteiger partial charge on any atom is 0.233 e. The van der Waals surface area contributed by atoms with Crippen LogP contribution in [0.25, 0.3) is 11.5 Å². The summed E-state index contributed by atoms with van der Waals surface area (Å²) >= 11 is 0. The lowest BCUT2D eigenvalue weighted by molar-refractivity contribution is 0.392. The molecule has 1 aliphatic carbocycles. The number of ether oxygens (including phenoxy) is 1. The molecule has 0 aromatic carbocycles. The van der Waals surface area contributed by atoms with Crippen LogP contribution in [-0.2, 0) is 0 Å².